The fraction of sp³-hybridized carbons (Fsp3) is 1.00. The molecule has 112 valence electrons. The molecule has 3 heteroatoms. The molecule has 2 radical (unpaired) electrons. The van der Waals surface area contributed by atoms with Crippen molar-refractivity contribution >= 4 is 44.6 Å². The third kappa shape index (κ3) is 33.4. The van der Waals surface area contributed by atoms with Crippen LogP contribution in [0.2, 0.25) is 8.94 Å². The molecule has 0 aliphatic carbocycles. The average molecular weight is 594 g/mol. The van der Waals surface area contributed by atoms with E-state index in [-0.39, 0.29) is 27.3 Å². The van der Waals surface area contributed by atoms with Gasteiger partial charge in [-0.15, -0.1) is 0 Å². The van der Waals surface area contributed by atoms with Gasteiger partial charge < -0.3 is 0 Å². The van der Waals surface area contributed by atoms with E-state index in [4.69, 9.17) is 0 Å². The summed E-state index contributed by atoms with van der Waals surface area (Å²) in [5, 5.41) is 0. The molecule has 0 heterocycles. The predicted molar refractivity (Wildman–Crippen MR) is 87.9 cm³/mol. The Morgan fingerprint density at radius 2 is 0.737 bits per heavy atom. The fourth-order valence-electron chi connectivity index (χ4n) is 1.76. The minimum atomic E-state index is 0. The van der Waals surface area contributed by atoms with Crippen molar-refractivity contribution in [2.24, 2.45) is 0 Å². The minimum Gasteiger partial charge on any atom is 0 e. The van der Waals surface area contributed by atoms with E-state index >= 15 is 0 Å². The van der Waals surface area contributed by atoms with Crippen molar-refractivity contribution in [2.45, 2.75) is 99.8 Å². The second kappa shape index (κ2) is 28.6. The first-order valence-corrected chi connectivity index (χ1v) is 11.3. The maximum absolute atomic E-state index is 2.26. The van der Waals surface area contributed by atoms with Crippen LogP contribution < -0.4 is 0 Å². The van der Waals surface area contributed by atoms with Crippen LogP contribution in [0.4, 0.5) is 0 Å². The van der Waals surface area contributed by atoms with E-state index < -0.39 is 0 Å². The zero-order valence-electron chi connectivity index (χ0n) is 13.4. The van der Waals surface area contributed by atoms with Gasteiger partial charge in [-0.05, 0) is 0 Å². The smallest absolute Gasteiger partial charge is 0 e. The molecular formula is C16H34CdTe2. The summed E-state index contributed by atoms with van der Waals surface area (Å²) in [5.74, 6) is 0. The first-order valence-electron chi connectivity index (χ1n) is 7.99. The maximum Gasteiger partial charge on any atom is 0 e. The van der Waals surface area contributed by atoms with E-state index in [0.29, 0.717) is 0 Å². The van der Waals surface area contributed by atoms with Crippen LogP contribution >= 0.6 is 0 Å². The molecule has 0 rings (SSSR count). The maximum atomic E-state index is 2.26. The van der Waals surface area contributed by atoms with E-state index in [1.165, 1.54) is 86.0 Å². The van der Waals surface area contributed by atoms with E-state index in [9.17, 15) is 0 Å². The van der Waals surface area contributed by atoms with Crippen molar-refractivity contribution in [2.75, 3.05) is 0 Å². The molecule has 0 aromatic rings. The van der Waals surface area contributed by atoms with Crippen LogP contribution in [-0.4, -0.2) is 44.6 Å². The molecule has 0 aliphatic heterocycles. The predicted octanol–water partition coefficient (Wildman–Crippen LogP) is 5.86. The Labute approximate surface area is 170 Å². The van der Waals surface area contributed by atoms with Crippen molar-refractivity contribution in [3.63, 3.8) is 0 Å². The third-order valence-corrected chi connectivity index (χ3v) is 4.64. The number of hydrogen-bond acceptors (Lipinski definition) is 0. The van der Waals surface area contributed by atoms with Crippen molar-refractivity contribution in [3.8, 4) is 0 Å². The molecule has 0 aliphatic rings. The molecule has 0 nitrogen and oxygen atoms in total. The molecule has 0 amide bonds. The Bertz CT molecular complexity index is 95.3. The van der Waals surface area contributed by atoms with E-state index in [0.717, 1.165) is 0 Å². The summed E-state index contributed by atoms with van der Waals surface area (Å²) in [4.78, 5) is 0. The Hall–Kier alpha value is 2.50. The van der Waals surface area contributed by atoms with Crippen LogP contribution in [0.1, 0.15) is 90.9 Å². The van der Waals surface area contributed by atoms with Crippen LogP contribution in [-0.2, 0) is 27.3 Å². The fourth-order valence-corrected chi connectivity index (χ4v) is 2.93. The van der Waals surface area contributed by atoms with Crippen LogP contribution in [0.25, 0.3) is 0 Å². The third-order valence-electron chi connectivity index (χ3n) is 3.00. The Balaban J connectivity index is -0.000000256. The van der Waals surface area contributed by atoms with Crippen LogP contribution in [0.3, 0.4) is 0 Å². The molecule has 19 heavy (non-hydrogen) atoms. The summed E-state index contributed by atoms with van der Waals surface area (Å²) in [6.07, 6.45) is 17.2. The summed E-state index contributed by atoms with van der Waals surface area (Å²) in [6, 6.07) is 0. The first kappa shape index (κ1) is 26.4. The summed E-state index contributed by atoms with van der Waals surface area (Å²) < 4.78 is 2.75. The monoisotopic (exact) mass is 600 g/mol. The van der Waals surface area contributed by atoms with Gasteiger partial charge in [0.1, 0.15) is 0 Å². The van der Waals surface area contributed by atoms with Gasteiger partial charge in [-0.2, -0.15) is 0 Å². The Kier molecular flexibility index (Phi) is 39.8. The van der Waals surface area contributed by atoms with Crippen molar-refractivity contribution in [3.05, 3.63) is 0 Å². The average Bonchev–Trinajstić information content (AvgIpc) is 2.39. The molecule has 0 fully saturated rings. The van der Waals surface area contributed by atoms with Crippen molar-refractivity contribution < 1.29 is 27.3 Å². The quantitative estimate of drug-likeness (QED) is 0.196. The van der Waals surface area contributed by atoms with E-state index in [1.807, 2.05) is 0 Å². The minimum absolute atomic E-state index is 0. The standard InChI is InChI=1S/2C8H17Te.Cd/c2*1-2-3-4-5-6-7-8-9;/h2*2-8H2,1H3;. The van der Waals surface area contributed by atoms with Gasteiger partial charge in [-0.1, -0.05) is 0 Å². The zero-order valence-corrected chi connectivity index (χ0v) is 22.1. The van der Waals surface area contributed by atoms with Crippen LogP contribution in [0.15, 0.2) is 0 Å². The summed E-state index contributed by atoms with van der Waals surface area (Å²) in [6.45, 7) is 4.53. The number of rotatable bonds is 12. The van der Waals surface area contributed by atoms with Crippen LogP contribution in [0.5, 0.6) is 0 Å². The van der Waals surface area contributed by atoms with Crippen molar-refractivity contribution in [1.29, 1.82) is 0 Å². The topological polar surface area (TPSA) is 0 Å². The SMILES string of the molecule is CCCCCCCC[Te].CCCCCCCC[Te].[Cd]. The van der Waals surface area contributed by atoms with Gasteiger partial charge >= 0.3 is 144 Å². The second-order valence-corrected chi connectivity index (χ2v) is 7.27. The number of hydrogen-bond donors (Lipinski definition) is 0. The van der Waals surface area contributed by atoms with E-state index in [1.54, 1.807) is 0 Å². The Morgan fingerprint density at radius 1 is 0.474 bits per heavy atom. The molecule has 0 atom stereocenters. The van der Waals surface area contributed by atoms with Gasteiger partial charge in [0.25, 0.3) is 0 Å². The van der Waals surface area contributed by atoms with Gasteiger partial charge in [0.15, 0.2) is 0 Å². The van der Waals surface area contributed by atoms with Gasteiger partial charge in [-0.25, -0.2) is 0 Å². The molecule has 0 spiro atoms. The van der Waals surface area contributed by atoms with Crippen molar-refractivity contribution in [1.82, 2.24) is 0 Å². The molecule has 0 aromatic heterocycles. The van der Waals surface area contributed by atoms with Gasteiger partial charge in [0, 0.05) is 27.3 Å². The summed E-state index contributed by atoms with van der Waals surface area (Å²) in [5.41, 5.74) is 0. The first-order chi connectivity index (χ1) is 8.83. The normalized spacial score (nSPS) is 9.47. The Morgan fingerprint density at radius 3 is 1.00 bits per heavy atom. The molecular weight excluding hydrogens is 560 g/mol. The molecule has 0 bridgehead atoms. The van der Waals surface area contributed by atoms with Gasteiger partial charge in [-0.3, -0.25) is 0 Å². The van der Waals surface area contributed by atoms with E-state index in [2.05, 4.69) is 58.4 Å². The number of unbranched alkanes of at least 4 members (excludes halogenated alkanes) is 10. The largest absolute Gasteiger partial charge is 0 e. The molecule has 0 aromatic carbocycles. The van der Waals surface area contributed by atoms with Crippen LogP contribution in [0, 0.1) is 0 Å². The summed E-state index contributed by atoms with van der Waals surface area (Å²) in [7, 11) is 0. The molecule has 0 N–H and O–H groups in total. The van der Waals surface area contributed by atoms with Gasteiger partial charge in [0.2, 0.25) is 0 Å². The zero-order chi connectivity index (χ0) is 13.9. The van der Waals surface area contributed by atoms with Gasteiger partial charge in [0.05, 0.1) is 0 Å². The molecule has 0 saturated heterocycles. The molecule has 0 unspecified atom stereocenters. The summed E-state index contributed by atoms with van der Waals surface area (Å²) >= 11 is 4.40. The second-order valence-electron chi connectivity index (χ2n) is 4.94. The molecule has 0 saturated carbocycles.